The molecular weight excluding hydrogens is 350 g/mol. The summed E-state index contributed by atoms with van der Waals surface area (Å²) in [5, 5.41) is 3.38. The fraction of sp³-hybridized carbons (Fsp3) is 0.381. The van der Waals surface area contributed by atoms with E-state index in [9.17, 15) is 4.79 Å². The number of alkyl halides is 1. The number of piperidine rings is 1. The highest BCUT2D eigenvalue weighted by molar-refractivity contribution is 6.18. The van der Waals surface area contributed by atoms with E-state index >= 15 is 0 Å². The Kier molecular flexibility index (Phi) is 9.62. The Bertz CT molecular complexity index is 613. The number of nitrogens with one attached hydrogen (secondary N) is 1. The Morgan fingerprint density at radius 3 is 2.35 bits per heavy atom. The Hall–Kier alpha value is -2.04. The molecule has 140 valence electrons. The van der Waals surface area contributed by atoms with Crippen molar-refractivity contribution < 1.29 is 14.3 Å². The summed E-state index contributed by atoms with van der Waals surface area (Å²) in [4.78, 5) is 9.76. The lowest BCUT2D eigenvalue weighted by Crippen LogP contribution is -2.26. The van der Waals surface area contributed by atoms with Gasteiger partial charge in [0.25, 0.3) is 6.47 Å². The second-order valence-corrected chi connectivity index (χ2v) is 6.40. The quantitative estimate of drug-likeness (QED) is 0.584. The molecule has 0 amide bonds. The van der Waals surface area contributed by atoms with Gasteiger partial charge in [0, 0.05) is 0 Å². The lowest BCUT2D eigenvalue weighted by molar-refractivity contribution is -0.129. The van der Waals surface area contributed by atoms with Gasteiger partial charge < -0.3 is 14.8 Å². The monoisotopic (exact) mass is 375 g/mol. The molecule has 0 radical (unpaired) electrons. The minimum Gasteiger partial charge on any atom is -0.492 e. The summed E-state index contributed by atoms with van der Waals surface area (Å²) in [6.07, 6.45) is 2.48. The van der Waals surface area contributed by atoms with Crippen LogP contribution in [0.1, 0.15) is 29.9 Å². The lowest BCUT2D eigenvalue weighted by atomic mass is 9.90. The van der Waals surface area contributed by atoms with Crippen molar-refractivity contribution in [3.63, 3.8) is 0 Å². The average Bonchev–Trinajstić information content (AvgIpc) is 2.73. The van der Waals surface area contributed by atoms with Gasteiger partial charge in [-0.3, -0.25) is 4.79 Å². The van der Waals surface area contributed by atoms with E-state index in [-0.39, 0.29) is 0 Å². The molecule has 3 rings (SSSR count). The van der Waals surface area contributed by atoms with Gasteiger partial charge in [-0.2, -0.15) is 0 Å². The van der Waals surface area contributed by atoms with Gasteiger partial charge in [-0.25, -0.2) is 0 Å². The molecule has 26 heavy (non-hydrogen) atoms. The van der Waals surface area contributed by atoms with Crippen LogP contribution in [0, 0.1) is 0 Å². The summed E-state index contributed by atoms with van der Waals surface area (Å²) >= 11 is 5.57. The molecule has 2 aromatic rings. The van der Waals surface area contributed by atoms with E-state index in [2.05, 4.69) is 22.2 Å². The summed E-state index contributed by atoms with van der Waals surface area (Å²) < 4.78 is 9.99. The zero-order valence-corrected chi connectivity index (χ0v) is 15.7. The maximum absolute atomic E-state index is 9.76. The zero-order chi connectivity index (χ0) is 18.5. The second kappa shape index (κ2) is 12.3. The maximum Gasteiger partial charge on any atom is 0.293 e. The normalized spacial score (nSPS) is 14.0. The van der Waals surface area contributed by atoms with E-state index in [1.165, 1.54) is 18.4 Å². The van der Waals surface area contributed by atoms with Crippen molar-refractivity contribution in [1.82, 2.24) is 5.32 Å². The van der Waals surface area contributed by atoms with Crippen LogP contribution < -0.4 is 10.1 Å². The van der Waals surface area contributed by atoms with Gasteiger partial charge in [0.1, 0.15) is 19.0 Å². The van der Waals surface area contributed by atoms with Gasteiger partial charge in [0.2, 0.25) is 0 Å². The van der Waals surface area contributed by atoms with E-state index in [0.717, 1.165) is 24.4 Å². The third-order valence-electron chi connectivity index (χ3n) is 4.20. The predicted octanol–water partition coefficient (Wildman–Crippen LogP) is 4.13. The van der Waals surface area contributed by atoms with Crippen molar-refractivity contribution >= 4 is 18.1 Å². The van der Waals surface area contributed by atoms with Gasteiger partial charge in [0.15, 0.2) is 0 Å². The minimum absolute atomic E-state index is 0.365. The van der Waals surface area contributed by atoms with Crippen molar-refractivity contribution in [3.8, 4) is 5.75 Å². The molecular formula is C21H26ClNO3. The lowest BCUT2D eigenvalue weighted by Gasteiger charge is -2.23. The second-order valence-electron chi connectivity index (χ2n) is 6.02. The van der Waals surface area contributed by atoms with E-state index in [1.807, 2.05) is 42.5 Å². The molecule has 2 aromatic carbocycles. The van der Waals surface area contributed by atoms with E-state index in [1.54, 1.807) is 0 Å². The van der Waals surface area contributed by atoms with Crippen LogP contribution in [0.5, 0.6) is 5.75 Å². The van der Waals surface area contributed by atoms with Crippen LogP contribution in [-0.4, -0.2) is 32.0 Å². The molecule has 0 saturated carbocycles. The third-order valence-corrected chi connectivity index (χ3v) is 4.35. The molecule has 1 saturated heterocycles. The highest BCUT2D eigenvalue weighted by Crippen LogP contribution is 2.26. The smallest absolute Gasteiger partial charge is 0.293 e. The third kappa shape index (κ3) is 7.46. The molecule has 0 unspecified atom stereocenters. The van der Waals surface area contributed by atoms with Gasteiger partial charge in [-0.15, -0.1) is 11.6 Å². The summed E-state index contributed by atoms with van der Waals surface area (Å²) in [5.41, 5.74) is 2.44. The van der Waals surface area contributed by atoms with Crippen LogP contribution in [0.25, 0.3) is 0 Å². The molecule has 0 bridgehead atoms. The van der Waals surface area contributed by atoms with Gasteiger partial charge in [-0.05, 0) is 55.1 Å². The first-order valence-electron chi connectivity index (χ1n) is 8.92. The largest absolute Gasteiger partial charge is 0.492 e. The maximum atomic E-state index is 9.76. The Labute approximate surface area is 160 Å². The molecule has 4 nitrogen and oxygen atoms in total. The van der Waals surface area contributed by atoms with Crippen molar-refractivity contribution in [3.05, 3.63) is 65.7 Å². The molecule has 0 aromatic heterocycles. The van der Waals surface area contributed by atoms with Gasteiger partial charge in [0.05, 0.1) is 5.88 Å². The minimum atomic E-state index is 0.365. The van der Waals surface area contributed by atoms with E-state index in [0.29, 0.717) is 31.5 Å². The van der Waals surface area contributed by atoms with E-state index in [4.69, 9.17) is 16.3 Å². The fourth-order valence-electron chi connectivity index (χ4n) is 2.85. The number of ether oxygens (including phenoxy) is 2. The van der Waals surface area contributed by atoms with Crippen molar-refractivity contribution in [2.24, 2.45) is 0 Å². The number of benzene rings is 2. The molecule has 1 aliphatic rings. The fourth-order valence-corrected chi connectivity index (χ4v) is 2.93. The van der Waals surface area contributed by atoms with Gasteiger partial charge in [-0.1, -0.05) is 42.5 Å². The van der Waals surface area contributed by atoms with Crippen molar-refractivity contribution in [1.29, 1.82) is 0 Å². The summed E-state index contributed by atoms with van der Waals surface area (Å²) in [6, 6.07) is 18.0. The predicted molar refractivity (Wildman–Crippen MR) is 105 cm³/mol. The Morgan fingerprint density at radius 1 is 1.04 bits per heavy atom. The number of carbonyl (C=O) groups is 1. The molecule has 0 atom stereocenters. The number of hydrogen-bond acceptors (Lipinski definition) is 4. The summed E-state index contributed by atoms with van der Waals surface area (Å²) in [7, 11) is 0. The SMILES string of the molecule is ClCCOc1ccc(C2CCNCC2)cc1.O=COCc1ccccc1. The van der Waals surface area contributed by atoms with Crippen LogP contribution in [0.4, 0.5) is 0 Å². The number of hydrogen-bond donors (Lipinski definition) is 1. The molecule has 5 heteroatoms. The Balaban J connectivity index is 0.000000209. The zero-order valence-electron chi connectivity index (χ0n) is 14.9. The first kappa shape index (κ1) is 20.3. The van der Waals surface area contributed by atoms with Gasteiger partial charge >= 0.3 is 0 Å². The molecule has 0 spiro atoms. The number of halogens is 1. The topological polar surface area (TPSA) is 47.6 Å². The van der Waals surface area contributed by atoms with Crippen molar-refractivity contribution in [2.75, 3.05) is 25.6 Å². The summed E-state index contributed by atoms with van der Waals surface area (Å²) in [6.45, 7) is 3.66. The molecule has 1 fully saturated rings. The average molecular weight is 376 g/mol. The van der Waals surface area contributed by atoms with E-state index < -0.39 is 0 Å². The molecule has 1 N–H and O–H groups in total. The van der Waals surface area contributed by atoms with Crippen LogP contribution >= 0.6 is 11.6 Å². The molecule has 1 aliphatic heterocycles. The van der Waals surface area contributed by atoms with Crippen LogP contribution in [0.15, 0.2) is 54.6 Å². The van der Waals surface area contributed by atoms with Crippen LogP contribution in [0.2, 0.25) is 0 Å². The Morgan fingerprint density at radius 2 is 1.73 bits per heavy atom. The number of rotatable bonds is 7. The molecule has 1 heterocycles. The van der Waals surface area contributed by atoms with Crippen LogP contribution in [-0.2, 0) is 16.1 Å². The highest BCUT2D eigenvalue weighted by atomic mass is 35.5. The first-order chi connectivity index (χ1) is 12.8. The first-order valence-corrected chi connectivity index (χ1v) is 9.45. The standard InChI is InChI=1S/C13H18ClNO.C8H8O2/c14-7-10-16-13-3-1-11(2-4-13)12-5-8-15-9-6-12;9-7-10-6-8-4-2-1-3-5-8/h1-4,12,15H,5-10H2;1-5,7H,6H2. The number of carbonyl (C=O) groups excluding carboxylic acids is 1. The molecule has 0 aliphatic carbocycles. The van der Waals surface area contributed by atoms with Crippen molar-refractivity contribution in [2.45, 2.75) is 25.4 Å². The highest BCUT2D eigenvalue weighted by Gasteiger charge is 2.14. The van der Waals surface area contributed by atoms with Crippen LogP contribution in [0.3, 0.4) is 0 Å². The summed E-state index contributed by atoms with van der Waals surface area (Å²) in [5.74, 6) is 2.16.